The quantitative estimate of drug-likeness (QED) is 0.0742. The van der Waals surface area contributed by atoms with Gasteiger partial charge in [0.2, 0.25) is 0 Å². The number of amides is 3. The van der Waals surface area contributed by atoms with Crippen LogP contribution >= 0.6 is 0 Å². The van der Waals surface area contributed by atoms with Crippen molar-refractivity contribution in [2.45, 2.75) is 46.8 Å². The van der Waals surface area contributed by atoms with E-state index in [1.54, 1.807) is 75.4 Å². The summed E-state index contributed by atoms with van der Waals surface area (Å²) in [6, 6.07) is 25.6. The highest BCUT2D eigenvalue weighted by atomic mass is 16.6. The second kappa shape index (κ2) is 16.4. The number of amidine groups is 1. The lowest BCUT2D eigenvalue weighted by Gasteiger charge is -2.19. The third-order valence-electron chi connectivity index (χ3n) is 7.19. The van der Waals surface area contributed by atoms with Gasteiger partial charge in [0, 0.05) is 23.4 Å². The van der Waals surface area contributed by atoms with Gasteiger partial charge in [0.25, 0.3) is 11.8 Å². The molecule has 0 saturated carbocycles. The highest BCUT2D eigenvalue weighted by Crippen LogP contribution is 2.32. The van der Waals surface area contributed by atoms with Gasteiger partial charge in [-0.25, -0.2) is 9.59 Å². The van der Waals surface area contributed by atoms with Gasteiger partial charge in [0.1, 0.15) is 23.8 Å². The second-order valence-corrected chi connectivity index (χ2v) is 12.9. The summed E-state index contributed by atoms with van der Waals surface area (Å²) in [7, 11) is 1.25. The average Bonchev–Trinajstić information content (AvgIpc) is 3.08. The summed E-state index contributed by atoms with van der Waals surface area (Å²) in [4.78, 5) is 52.0. The molecule has 0 aliphatic rings. The Morgan fingerprint density at radius 3 is 2.06 bits per heavy atom. The lowest BCUT2D eigenvalue weighted by atomic mass is 9.93. The maximum absolute atomic E-state index is 13.9. The largest absolute Gasteiger partial charge is 0.489 e. The Hall–Kier alpha value is -5.97. The zero-order chi connectivity index (χ0) is 36.4. The number of esters is 1. The van der Waals surface area contributed by atoms with E-state index in [4.69, 9.17) is 19.6 Å². The van der Waals surface area contributed by atoms with Crippen LogP contribution in [0.4, 0.5) is 10.5 Å². The molecule has 0 aliphatic heterocycles. The Morgan fingerprint density at radius 2 is 1.42 bits per heavy atom. The summed E-state index contributed by atoms with van der Waals surface area (Å²) < 4.78 is 16.3. The van der Waals surface area contributed by atoms with Crippen molar-refractivity contribution in [3.05, 3.63) is 119 Å². The number of methoxy groups -OCH3 is 1. The van der Waals surface area contributed by atoms with Crippen molar-refractivity contribution < 1.29 is 33.4 Å². The molecule has 0 unspecified atom stereocenters. The minimum Gasteiger partial charge on any atom is -0.489 e. The number of rotatable bonds is 11. The molecule has 260 valence electrons. The summed E-state index contributed by atoms with van der Waals surface area (Å²) in [5.41, 5.74) is 2.39. The van der Waals surface area contributed by atoms with Crippen LogP contribution in [0.3, 0.4) is 0 Å². The Morgan fingerprint density at radius 1 is 0.780 bits per heavy atom. The SMILES string of the molecule is COC(=O)c1cc(C(=O)NCC(C)C)ccc1-c1ccc(OCc2ccccc2)cc1C(=O)Nc1ccc(C(=N)NC(=O)OC(C)(C)C)cc1. The molecule has 0 aliphatic carbocycles. The highest BCUT2D eigenvalue weighted by molar-refractivity contribution is 6.11. The fourth-order valence-electron chi connectivity index (χ4n) is 4.77. The first kappa shape index (κ1) is 36.9. The Balaban J connectivity index is 1.66. The molecule has 4 aromatic carbocycles. The third kappa shape index (κ3) is 10.3. The number of anilines is 1. The summed E-state index contributed by atoms with van der Waals surface area (Å²) in [5, 5.41) is 16.4. The van der Waals surface area contributed by atoms with E-state index in [1.165, 1.54) is 13.2 Å². The number of carbonyl (C=O) groups is 4. The Kier molecular flexibility index (Phi) is 12.1. The number of hydrogen-bond donors (Lipinski definition) is 4. The van der Waals surface area contributed by atoms with Crippen LogP contribution in [0.5, 0.6) is 5.75 Å². The lowest BCUT2D eigenvalue weighted by Crippen LogP contribution is -2.36. The van der Waals surface area contributed by atoms with Gasteiger partial charge in [-0.05, 0) is 98.0 Å². The number of carbonyl (C=O) groups excluding carboxylic acids is 4. The molecule has 3 amide bonds. The van der Waals surface area contributed by atoms with Gasteiger partial charge in [-0.2, -0.15) is 0 Å². The first-order valence-corrected chi connectivity index (χ1v) is 16.1. The minimum atomic E-state index is -0.752. The molecule has 11 nitrogen and oxygen atoms in total. The van der Waals surface area contributed by atoms with Crippen LogP contribution in [-0.2, 0) is 16.1 Å². The second-order valence-electron chi connectivity index (χ2n) is 12.9. The molecular weight excluding hydrogens is 636 g/mol. The van der Waals surface area contributed by atoms with E-state index in [1.807, 2.05) is 44.2 Å². The minimum absolute atomic E-state index is 0.108. The first-order chi connectivity index (χ1) is 23.7. The smallest absolute Gasteiger partial charge is 0.413 e. The van der Waals surface area contributed by atoms with E-state index in [0.717, 1.165) is 5.56 Å². The fraction of sp³-hybridized carbons (Fsp3) is 0.256. The van der Waals surface area contributed by atoms with E-state index < -0.39 is 23.6 Å². The van der Waals surface area contributed by atoms with E-state index in [0.29, 0.717) is 34.7 Å². The maximum atomic E-state index is 13.9. The van der Waals surface area contributed by atoms with E-state index >= 15 is 0 Å². The fourth-order valence-corrected chi connectivity index (χ4v) is 4.77. The molecule has 0 spiro atoms. The molecule has 0 bridgehead atoms. The van der Waals surface area contributed by atoms with Crippen LogP contribution in [-0.4, -0.2) is 49.0 Å². The van der Waals surface area contributed by atoms with Gasteiger partial charge in [-0.15, -0.1) is 0 Å². The van der Waals surface area contributed by atoms with Crippen molar-refractivity contribution >= 4 is 35.4 Å². The summed E-state index contributed by atoms with van der Waals surface area (Å²) in [5.74, 6) is -1.03. The van der Waals surface area contributed by atoms with Crippen LogP contribution < -0.4 is 20.7 Å². The van der Waals surface area contributed by atoms with Crippen molar-refractivity contribution in [3.8, 4) is 16.9 Å². The predicted molar refractivity (Wildman–Crippen MR) is 192 cm³/mol. The van der Waals surface area contributed by atoms with Crippen LogP contribution in [0.25, 0.3) is 11.1 Å². The van der Waals surface area contributed by atoms with E-state index in [-0.39, 0.29) is 41.0 Å². The molecule has 0 radical (unpaired) electrons. The molecule has 4 rings (SSSR count). The molecule has 0 aromatic heterocycles. The molecule has 4 N–H and O–H groups in total. The van der Waals surface area contributed by atoms with E-state index in [9.17, 15) is 19.2 Å². The highest BCUT2D eigenvalue weighted by Gasteiger charge is 2.23. The van der Waals surface area contributed by atoms with Gasteiger partial charge in [0.05, 0.1) is 18.2 Å². The van der Waals surface area contributed by atoms with Crippen LogP contribution in [0.15, 0.2) is 91.0 Å². The van der Waals surface area contributed by atoms with Gasteiger partial charge in [-0.3, -0.25) is 20.3 Å². The van der Waals surface area contributed by atoms with Crippen LogP contribution in [0.2, 0.25) is 0 Å². The zero-order valence-electron chi connectivity index (χ0n) is 29.0. The maximum Gasteiger partial charge on any atom is 0.413 e. The van der Waals surface area contributed by atoms with Crippen LogP contribution in [0.1, 0.15) is 76.8 Å². The molecule has 0 heterocycles. The van der Waals surface area contributed by atoms with Crippen molar-refractivity contribution in [1.29, 1.82) is 5.41 Å². The number of hydrogen-bond acceptors (Lipinski definition) is 8. The standard InChI is InChI=1S/C39H42N4O7/c1-24(2)22-41-35(44)27-14-18-31(33(20-27)37(46)48-6)30-19-17-29(49-23-25-10-8-7-9-11-25)21-32(30)36(45)42-28-15-12-26(13-16-28)34(40)43-38(47)50-39(3,4)5/h7-21,24H,22-23H2,1-6H3,(H,41,44)(H,42,45)(H2,40,43,47). The number of benzene rings is 4. The molecule has 11 heteroatoms. The van der Waals surface area contributed by atoms with Crippen LogP contribution in [0, 0.1) is 11.3 Å². The van der Waals surface area contributed by atoms with Crippen molar-refractivity contribution in [3.63, 3.8) is 0 Å². The van der Waals surface area contributed by atoms with Crippen molar-refractivity contribution in [2.24, 2.45) is 5.92 Å². The van der Waals surface area contributed by atoms with Gasteiger partial charge < -0.3 is 24.8 Å². The van der Waals surface area contributed by atoms with E-state index in [2.05, 4.69) is 16.0 Å². The predicted octanol–water partition coefficient (Wildman–Crippen LogP) is 7.21. The monoisotopic (exact) mass is 678 g/mol. The van der Waals surface area contributed by atoms with Gasteiger partial charge >= 0.3 is 12.1 Å². The van der Waals surface area contributed by atoms with Gasteiger partial charge in [0.15, 0.2) is 0 Å². The number of nitrogens with one attached hydrogen (secondary N) is 4. The Labute approximate surface area is 291 Å². The Bertz CT molecular complexity index is 1860. The first-order valence-electron chi connectivity index (χ1n) is 16.1. The molecule has 50 heavy (non-hydrogen) atoms. The zero-order valence-corrected chi connectivity index (χ0v) is 29.0. The van der Waals surface area contributed by atoms with Crippen molar-refractivity contribution in [2.75, 3.05) is 19.0 Å². The molecule has 0 saturated heterocycles. The molecular formula is C39H42N4O7. The third-order valence-corrected chi connectivity index (χ3v) is 7.19. The molecule has 0 atom stereocenters. The summed E-state index contributed by atoms with van der Waals surface area (Å²) in [6.07, 6.45) is -0.752. The molecule has 4 aromatic rings. The van der Waals surface area contributed by atoms with Gasteiger partial charge in [-0.1, -0.05) is 50.2 Å². The normalized spacial score (nSPS) is 10.9. The molecule has 0 fully saturated rings. The summed E-state index contributed by atoms with van der Waals surface area (Å²) in [6.45, 7) is 9.86. The number of alkyl carbamates (subject to hydrolysis) is 1. The summed E-state index contributed by atoms with van der Waals surface area (Å²) >= 11 is 0. The lowest BCUT2D eigenvalue weighted by molar-refractivity contribution is 0.0560. The number of ether oxygens (including phenoxy) is 3. The topological polar surface area (TPSA) is 156 Å². The van der Waals surface area contributed by atoms with Crippen molar-refractivity contribution in [1.82, 2.24) is 10.6 Å². The average molecular weight is 679 g/mol.